The van der Waals surface area contributed by atoms with Gasteiger partial charge in [0.05, 0.1) is 16.8 Å². The van der Waals surface area contributed by atoms with Gasteiger partial charge < -0.3 is 19.9 Å². The van der Waals surface area contributed by atoms with Gasteiger partial charge in [-0.3, -0.25) is 0 Å². The van der Waals surface area contributed by atoms with E-state index >= 15 is 0 Å². The van der Waals surface area contributed by atoms with Crippen LogP contribution in [0.3, 0.4) is 0 Å². The number of anilines is 2. The summed E-state index contributed by atoms with van der Waals surface area (Å²) in [6.45, 7) is 1.20. The molecule has 0 saturated carbocycles. The van der Waals surface area contributed by atoms with Crippen LogP contribution < -0.4 is 5.32 Å². The molecule has 1 aromatic heterocycles. The minimum absolute atomic E-state index is 0.0279. The van der Waals surface area contributed by atoms with Gasteiger partial charge in [0.25, 0.3) is 0 Å². The van der Waals surface area contributed by atoms with E-state index in [1.807, 2.05) is 0 Å². The molecule has 0 aliphatic rings. The van der Waals surface area contributed by atoms with E-state index in [0.29, 0.717) is 16.9 Å². The van der Waals surface area contributed by atoms with Crippen LogP contribution >= 0.6 is 0 Å². The second-order valence-electron chi connectivity index (χ2n) is 6.41. The summed E-state index contributed by atoms with van der Waals surface area (Å²) in [4.78, 5) is 0. The van der Waals surface area contributed by atoms with E-state index in [0.717, 1.165) is 12.1 Å². The number of nitrogens with zero attached hydrogens (tertiary/aromatic N) is 2. The third kappa shape index (κ3) is 4.32. The number of benzene rings is 2. The smallest absolute Gasteiger partial charge is 0.416 e. The number of rotatable bonds is 6. The summed E-state index contributed by atoms with van der Waals surface area (Å²) in [5.41, 5.74) is -0.706. The predicted octanol–water partition coefficient (Wildman–Crippen LogP) is 4.09. The van der Waals surface area contributed by atoms with Crippen LogP contribution in [0.1, 0.15) is 24.8 Å². The Balaban J connectivity index is 1.87. The highest BCUT2D eigenvalue weighted by Crippen LogP contribution is 2.33. The standard InChI is InChI=1S/C19H18F3N3O3/c1-18(27,10-11-26)17-25-24-16(28-17)14-4-2-3-5-15(14)23-13-8-6-12(7-9-13)19(20,21)22/h2-9,23,26-27H,10-11H2,1H3. The first-order chi connectivity index (χ1) is 13.2. The molecule has 1 heterocycles. The first-order valence-corrected chi connectivity index (χ1v) is 8.41. The molecule has 6 nitrogen and oxygen atoms in total. The van der Waals surface area contributed by atoms with E-state index in [-0.39, 0.29) is 24.8 Å². The molecule has 3 rings (SSSR count). The molecule has 9 heteroatoms. The molecule has 0 amide bonds. The van der Waals surface area contributed by atoms with Crippen LogP contribution in [0.2, 0.25) is 0 Å². The van der Waals surface area contributed by atoms with Crippen LogP contribution in [0.5, 0.6) is 0 Å². The Bertz CT molecular complexity index is 937. The maximum atomic E-state index is 12.7. The van der Waals surface area contributed by atoms with Crippen molar-refractivity contribution in [2.45, 2.75) is 25.1 Å². The third-order valence-electron chi connectivity index (χ3n) is 4.13. The van der Waals surface area contributed by atoms with Gasteiger partial charge in [-0.25, -0.2) is 0 Å². The summed E-state index contributed by atoms with van der Waals surface area (Å²) in [6.07, 6.45) is -4.37. The molecule has 0 aliphatic heterocycles. The highest BCUT2D eigenvalue weighted by Gasteiger charge is 2.31. The average Bonchev–Trinajstić information content (AvgIpc) is 3.13. The molecule has 0 aliphatic carbocycles. The SMILES string of the molecule is CC(O)(CCO)c1nnc(-c2ccccc2Nc2ccc(C(F)(F)F)cc2)o1. The van der Waals surface area contributed by atoms with Crippen LogP contribution in [-0.4, -0.2) is 27.0 Å². The van der Waals surface area contributed by atoms with Crippen LogP contribution in [0.25, 0.3) is 11.5 Å². The summed E-state index contributed by atoms with van der Waals surface area (Å²) in [7, 11) is 0. The zero-order valence-corrected chi connectivity index (χ0v) is 14.9. The van der Waals surface area contributed by atoms with Crippen molar-refractivity contribution in [3.63, 3.8) is 0 Å². The van der Waals surface area contributed by atoms with Crippen LogP contribution in [0, 0.1) is 0 Å². The Kier molecular flexibility index (Phi) is 5.39. The number of hydrogen-bond donors (Lipinski definition) is 3. The van der Waals surface area contributed by atoms with Crippen molar-refractivity contribution in [1.29, 1.82) is 0 Å². The van der Waals surface area contributed by atoms with Crippen molar-refractivity contribution < 1.29 is 27.8 Å². The van der Waals surface area contributed by atoms with Gasteiger partial charge in [0.15, 0.2) is 0 Å². The van der Waals surface area contributed by atoms with Gasteiger partial charge in [-0.05, 0) is 43.3 Å². The summed E-state index contributed by atoms with van der Waals surface area (Å²) in [5.74, 6) is 0.0871. The van der Waals surface area contributed by atoms with Crippen LogP contribution in [-0.2, 0) is 11.8 Å². The second kappa shape index (κ2) is 7.61. The second-order valence-corrected chi connectivity index (χ2v) is 6.41. The molecule has 0 bridgehead atoms. The highest BCUT2D eigenvalue weighted by molar-refractivity contribution is 5.76. The number of alkyl halides is 3. The predicted molar refractivity (Wildman–Crippen MR) is 95.7 cm³/mol. The Labute approximate surface area is 158 Å². The lowest BCUT2D eigenvalue weighted by Crippen LogP contribution is -2.23. The topological polar surface area (TPSA) is 91.4 Å². The fourth-order valence-electron chi connectivity index (χ4n) is 2.55. The van der Waals surface area contributed by atoms with Gasteiger partial charge in [-0.1, -0.05) is 12.1 Å². The van der Waals surface area contributed by atoms with Crippen molar-refractivity contribution >= 4 is 11.4 Å². The van der Waals surface area contributed by atoms with E-state index in [2.05, 4.69) is 15.5 Å². The summed E-state index contributed by atoms with van der Waals surface area (Å²) in [6, 6.07) is 11.5. The minimum Gasteiger partial charge on any atom is -0.417 e. The minimum atomic E-state index is -4.40. The molecule has 148 valence electrons. The summed E-state index contributed by atoms with van der Waals surface area (Å²) < 4.78 is 43.7. The lowest BCUT2D eigenvalue weighted by atomic mass is 10.0. The number of aliphatic hydroxyl groups is 2. The quantitative estimate of drug-likeness (QED) is 0.584. The molecule has 0 radical (unpaired) electrons. The van der Waals surface area contributed by atoms with E-state index in [9.17, 15) is 18.3 Å². The van der Waals surface area contributed by atoms with Gasteiger partial charge >= 0.3 is 6.18 Å². The molecule has 0 spiro atoms. The zero-order chi connectivity index (χ0) is 20.4. The van der Waals surface area contributed by atoms with Crippen LogP contribution in [0.4, 0.5) is 24.5 Å². The van der Waals surface area contributed by atoms with Crippen LogP contribution in [0.15, 0.2) is 52.9 Å². The summed E-state index contributed by atoms with van der Waals surface area (Å²) >= 11 is 0. The molecule has 0 saturated heterocycles. The number of halogens is 3. The van der Waals surface area contributed by atoms with Crippen molar-refractivity contribution in [1.82, 2.24) is 10.2 Å². The maximum Gasteiger partial charge on any atom is 0.416 e. The number of para-hydroxylation sites is 1. The zero-order valence-electron chi connectivity index (χ0n) is 14.9. The Hall–Kier alpha value is -2.91. The van der Waals surface area contributed by atoms with Gasteiger partial charge in [-0.2, -0.15) is 13.2 Å². The van der Waals surface area contributed by atoms with E-state index < -0.39 is 17.3 Å². The van der Waals surface area contributed by atoms with E-state index in [4.69, 9.17) is 9.52 Å². The highest BCUT2D eigenvalue weighted by atomic mass is 19.4. The Morgan fingerprint density at radius 3 is 2.36 bits per heavy atom. The van der Waals surface area contributed by atoms with Gasteiger partial charge in [0, 0.05) is 18.7 Å². The van der Waals surface area contributed by atoms with Crippen molar-refractivity contribution in [3.8, 4) is 11.5 Å². The fraction of sp³-hybridized carbons (Fsp3) is 0.263. The Morgan fingerprint density at radius 1 is 1.04 bits per heavy atom. The molecular formula is C19H18F3N3O3. The molecular weight excluding hydrogens is 375 g/mol. The largest absolute Gasteiger partial charge is 0.417 e. The average molecular weight is 393 g/mol. The molecule has 1 atom stereocenters. The molecule has 1 unspecified atom stereocenters. The summed E-state index contributed by atoms with van der Waals surface area (Å²) in [5, 5.41) is 30.1. The Morgan fingerprint density at radius 2 is 1.71 bits per heavy atom. The lowest BCUT2D eigenvalue weighted by molar-refractivity contribution is -0.137. The molecule has 3 N–H and O–H groups in total. The normalized spacial score (nSPS) is 13.9. The lowest BCUT2D eigenvalue weighted by Gasteiger charge is -2.16. The number of hydrogen-bond acceptors (Lipinski definition) is 6. The van der Waals surface area contributed by atoms with Gasteiger partial charge in [-0.15, -0.1) is 10.2 Å². The monoisotopic (exact) mass is 393 g/mol. The third-order valence-corrected chi connectivity index (χ3v) is 4.13. The first kappa shape index (κ1) is 19.8. The molecule has 2 aromatic carbocycles. The molecule has 0 fully saturated rings. The molecule has 3 aromatic rings. The first-order valence-electron chi connectivity index (χ1n) is 8.41. The van der Waals surface area contributed by atoms with E-state index in [1.165, 1.54) is 19.1 Å². The number of aromatic nitrogens is 2. The molecule has 28 heavy (non-hydrogen) atoms. The van der Waals surface area contributed by atoms with Gasteiger partial charge in [0.1, 0.15) is 5.60 Å². The maximum absolute atomic E-state index is 12.7. The number of nitrogens with one attached hydrogen (secondary N) is 1. The van der Waals surface area contributed by atoms with Crippen molar-refractivity contribution in [2.75, 3.05) is 11.9 Å². The van der Waals surface area contributed by atoms with Gasteiger partial charge in [0.2, 0.25) is 11.8 Å². The van der Waals surface area contributed by atoms with Crippen molar-refractivity contribution in [2.24, 2.45) is 0 Å². The fourth-order valence-corrected chi connectivity index (χ4v) is 2.55. The number of aliphatic hydroxyl groups excluding tert-OH is 1. The van der Waals surface area contributed by atoms with E-state index in [1.54, 1.807) is 24.3 Å². The van der Waals surface area contributed by atoms with Crippen molar-refractivity contribution in [3.05, 3.63) is 60.0 Å².